The monoisotopic (exact) mass is 492 g/mol. The van der Waals surface area contributed by atoms with E-state index in [2.05, 4.69) is 20.3 Å². The number of ketones is 1. The van der Waals surface area contributed by atoms with E-state index in [1.54, 1.807) is 25.0 Å². The van der Waals surface area contributed by atoms with Crippen LogP contribution in [-0.4, -0.2) is 33.8 Å². The van der Waals surface area contributed by atoms with E-state index < -0.39 is 6.04 Å². The van der Waals surface area contributed by atoms with Crippen LogP contribution in [-0.2, 0) is 4.79 Å². The number of oxazole rings is 1. The summed E-state index contributed by atoms with van der Waals surface area (Å²) in [6.07, 6.45) is 7.51. The Kier molecular flexibility index (Phi) is 8.20. The molecule has 0 spiro atoms. The lowest BCUT2D eigenvalue weighted by molar-refractivity contribution is -0.118. The minimum absolute atomic E-state index is 0.219. The molecular formula is C26H28N4O4S. The summed E-state index contributed by atoms with van der Waals surface area (Å²) in [6.45, 7) is 1.88. The van der Waals surface area contributed by atoms with Gasteiger partial charge in [0.1, 0.15) is 16.7 Å². The molecule has 0 aliphatic carbocycles. The second kappa shape index (κ2) is 11.7. The van der Waals surface area contributed by atoms with Crippen LogP contribution in [0, 0.1) is 0 Å². The number of carbonyl (C=O) groups is 2. The number of unbranched alkanes of at least 4 members (excludes halogenated alkanes) is 2. The minimum atomic E-state index is -0.417. The summed E-state index contributed by atoms with van der Waals surface area (Å²) in [7, 11) is 1.57. The standard InChI is InChI=1S/C26H28N4O4S/c1-3-18(31)10-5-4-6-12-21(29-24(32)23-15-27-16-35-23)26-28-14-22(34-26)19-13-17-9-7-8-11-20(17)30-25(19)33-2/h7-9,11,13-16,21H,3-6,10,12H2,1-2H3,(H,29,32). The normalized spacial score (nSPS) is 11.9. The molecule has 0 saturated carbocycles. The highest BCUT2D eigenvalue weighted by molar-refractivity contribution is 7.11. The Bertz CT molecular complexity index is 1290. The van der Waals surface area contributed by atoms with Crippen molar-refractivity contribution in [2.24, 2.45) is 0 Å². The van der Waals surface area contributed by atoms with Crippen molar-refractivity contribution in [1.29, 1.82) is 0 Å². The summed E-state index contributed by atoms with van der Waals surface area (Å²) >= 11 is 1.28. The molecule has 182 valence electrons. The van der Waals surface area contributed by atoms with E-state index in [4.69, 9.17) is 9.15 Å². The number of thiazole rings is 1. The number of fused-ring (bicyclic) bond motifs is 1. The summed E-state index contributed by atoms with van der Waals surface area (Å²) in [6, 6.07) is 9.32. The molecule has 0 bridgehead atoms. The van der Waals surface area contributed by atoms with E-state index in [1.807, 2.05) is 37.3 Å². The van der Waals surface area contributed by atoms with Crippen LogP contribution in [0.15, 0.2) is 52.7 Å². The van der Waals surface area contributed by atoms with Gasteiger partial charge in [-0.2, -0.15) is 0 Å². The summed E-state index contributed by atoms with van der Waals surface area (Å²) in [5.74, 6) is 1.43. The van der Waals surface area contributed by atoms with Gasteiger partial charge in [-0.1, -0.05) is 38.0 Å². The van der Waals surface area contributed by atoms with Crippen molar-refractivity contribution in [3.8, 4) is 17.2 Å². The molecule has 1 N–H and O–H groups in total. The average molecular weight is 493 g/mol. The number of pyridine rings is 1. The van der Waals surface area contributed by atoms with E-state index in [-0.39, 0.29) is 11.7 Å². The Morgan fingerprint density at radius 1 is 1.17 bits per heavy atom. The molecular weight excluding hydrogens is 464 g/mol. The lowest BCUT2D eigenvalue weighted by Crippen LogP contribution is -2.28. The van der Waals surface area contributed by atoms with Crippen LogP contribution in [0.25, 0.3) is 22.2 Å². The zero-order valence-corrected chi connectivity index (χ0v) is 20.6. The van der Waals surface area contributed by atoms with Crippen LogP contribution >= 0.6 is 11.3 Å². The molecule has 8 nitrogen and oxygen atoms in total. The molecule has 3 aromatic heterocycles. The quantitative estimate of drug-likeness (QED) is 0.251. The highest BCUT2D eigenvalue weighted by Crippen LogP contribution is 2.33. The van der Waals surface area contributed by atoms with E-state index >= 15 is 0 Å². The molecule has 9 heteroatoms. The van der Waals surface area contributed by atoms with Gasteiger partial charge in [0.25, 0.3) is 5.91 Å². The molecule has 0 radical (unpaired) electrons. The first kappa shape index (κ1) is 24.5. The maximum absolute atomic E-state index is 12.7. The van der Waals surface area contributed by atoms with Crippen LogP contribution < -0.4 is 10.1 Å². The van der Waals surface area contributed by atoms with Gasteiger partial charge in [0.15, 0.2) is 5.76 Å². The van der Waals surface area contributed by atoms with Crippen molar-refractivity contribution >= 4 is 33.9 Å². The number of benzene rings is 1. The van der Waals surface area contributed by atoms with Crippen molar-refractivity contribution in [1.82, 2.24) is 20.3 Å². The molecule has 0 aliphatic rings. The number of ether oxygens (including phenoxy) is 1. The highest BCUT2D eigenvalue weighted by atomic mass is 32.1. The molecule has 0 saturated heterocycles. The predicted octanol–water partition coefficient (Wildman–Crippen LogP) is 5.76. The fourth-order valence-electron chi connectivity index (χ4n) is 3.84. The highest BCUT2D eigenvalue weighted by Gasteiger charge is 2.23. The van der Waals surface area contributed by atoms with Crippen LogP contribution in [0.4, 0.5) is 0 Å². The number of carbonyl (C=O) groups excluding carboxylic acids is 2. The van der Waals surface area contributed by atoms with E-state index in [0.717, 1.165) is 30.2 Å². The Hall–Kier alpha value is -3.59. The summed E-state index contributed by atoms with van der Waals surface area (Å²) in [5, 5.41) is 3.99. The number of nitrogens with one attached hydrogen (secondary N) is 1. The molecule has 35 heavy (non-hydrogen) atoms. The van der Waals surface area contributed by atoms with Crippen LogP contribution in [0.3, 0.4) is 0 Å². The maximum Gasteiger partial charge on any atom is 0.263 e. The average Bonchev–Trinajstić information content (AvgIpc) is 3.59. The van der Waals surface area contributed by atoms with E-state index in [0.29, 0.717) is 47.2 Å². The number of rotatable bonds is 12. The van der Waals surface area contributed by atoms with Gasteiger partial charge in [-0.15, -0.1) is 11.3 Å². The van der Waals surface area contributed by atoms with Gasteiger partial charge in [-0.3, -0.25) is 14.6 Å². The second-order valence-corrected chi connectivity index (χ2v) is 9.07. The van der Waals surface area contributed by atoms with Crippen molar-refractivity contribution in [3.05, 3.63) is 59.0 Å². The van der Waals surface area contributed by atoms with Crippen molar-refractivity contribution in [2.45, 2.75) is 51.5 Å². The van der Waals surface area contributed by atoms with Gasteiger partial charge in [0.05, 0.1) is 36.1 Å². The fraction of sp³-hybridized carbons (Fsp3) is 0.346. The topological polar surface area (TPSA) is 107 Å². The van der Waals surface area contributed by atoms with Gasteiger partial charge in [0, 0.05) is 18.2 Å². The first-order valence-electron chi connectivity index (χ1n) is 11.7. The number of hydrogen-bond donors (Lipinski definition) is 1. The molecule has 0 aliphatic heterocycles. The fourth-order valence-corrected chi connectivity index (χ4v) is 4.37. The Labute approximate surface area is 207 Å². The molecule has 4 aromatic rings. The van der Waals surface area contributed by atoms with Gasteiger partial charge in [-0.05, 0) is 25.0 Å². The molecule has 1 aromatic carbocycles. The minimum Gasteiger partial charge on any atom is -0.480 e. The number of hydrogen-bond acceptors (Lipinski definition) is 8. The van der Waals surface area contributed by atoms with Gasteiger partial charge >= 0.3 is 0 Å². The Morgan fingerprint density at radius 3 is 2.80 bits per heavy atom. The van der Waals surface area contributed by atoms with Gasteiger partial charge in [-0.25, -0.2) is 9.97 Å². The molecule has 4 rings (SSSR count). The number of aromatic nitrogens is 3. The Morgan fingerprint density at radius 2 is 2.03 bits per heavy atom. The number of methoxy groups -OCH3 is 1. The van der Waals surface area contributed by atoms with Crippen molar-refractivity contribution in [3.63, 3.8) is 0 Å². The smallest absolute Gasteiger partial charge is 0.263 e. The third-order valence-corrected chi connectivity index (χ3v) is 6.55. The first-order chi connectivity index (χ1) is 17.1. The lowest BCUT2D eigenvalue weighted by Gasteiger charge is -2.15. The first-order valence-corrected chi connectivity index (χ1v) is 12.6. The number of para-hydroxylation sites is 1. The largest absolute Gasteiger partial charge is 0.480 e. The molecule has 0 fully saturated rings. The van der Waals surface area contributed by atoms with E-state index in [1.165, 1.54) is 11.3 Å². The van der Waals surface area contributed by atoms with Crippen LogP contribution in [0.2, 0.25) is 0 Å². The SMILES string of the molecule is CCC(=O)CCCCCC(NC(=O)c1cncs1)c1ncc(-c2cc3ccccc3nc2OC)o1. The van der Waals surface area contributed by atoms with Crippen molar-refractivity contribution < 1.29 is 18.7 Å². The molecule has 1 atom stereocenters. The van der Waals surface area contributed by atoms with Gasteiger partial charge < -0.3 is 14.5 Å². The summed E-state index contributed by atoms with van der Waals surface area (Å²) in [4.78, 5) is 37.9. The predicted molar refractivity (Wildman–Crippen MR) is 134 cm³/mol. The number of amides is 1. The second-order valence-electron chi connectivity index (χ2n) is 8.18. The van der Waals surface area contributed by atoms with Crippen LogP contribution in [0.5, 0.6) is 5.88 Å². The van der Waals surface area contributed by atoms with E-state index in [9.17, 15) is 9.59 Å². The van der Waals surface area contributed by atoms with Crippen molar-refractivity contribution in [2.75, 3.05) is 7.11 Å². The number of Topliss-reactive ketones (excluding diaryl/α,β-unsaturated/α-hetero) is 1. The third-order valence-electron chi connectivity index (χ3n) is 5.77. The van der Waals surface area contributed by atoms with Gasteiger partial charge in [0.2, 0.25) is 11.8 Å². The summed E-state index contributed by atoms with van der Waals surface area (Å²) < 4.78 is 11.7. The molecule has 1 unspecified atom stereocenters. The summed E-state index contributed by atoms with van der Waals surface area (Å²) in [5.41, 5.74) is 3.14. The molecule has 1 amide bonds. The Balaban J connectivity index is 1.54. The van der Waals surface area contributed by atoms with Crippen LogP contribution in [0.1, 0.15) is 67.1 Å². The number of nitrogens with zero attached hydrogens (tertiary/aromatic N) is 3. The molecule has 3 heterocycles. The zero-order valence-electron chi connectivity index (χ0n) is 19.8. The zero-order chi connectivity index (χ0) is 24.6. The third kappa shape index (κ3) is 6.10. The maximum atomic E-state index is 12.7. The lowest BCUT2D eigenvalue weighted by atomic mass is 10.0.